The normalized spacial score (nSPS) is 16.6. The molecular weight excluding hydrogens is 354 g/mol. The third kappa shape index (κ3) is 4.11. The number of hydrogen-bond acceptors (Lipinski definition) is 7. The fourth-order valence-corrected chi connectivity index (χ4v) is 3.36. The van der Waals surface area contributed by atoms with Gasteiger partial charge in [0.1, 0.15) is 18.0 Å². The van der Waals surface area contributed by atoms with Crippen LogP contribution in [0.3, 0.4) is 0 Å². The molecule has 1 atom stereocenters. The first-order chi connectivity index (χ1) is 13.7. The Morgan fingerprint density at radius 3 is 2.79 bits per heavy atom. The predicted molar refractivity (Wildman–Crippen MR) is 105 cm³/mol. The maximum Gasteiger partial charge on any atom is 0.219 e. The summed E-state index contributed by atoms with van der Waals surface area (Å²) in [5.74, 6) is 1.58. The molecule has 3 aromatic heterocycles. The topological polar surface area (TPSA) is 96.8 Å². The van der Waals surface area contributed by atoms with Gasteiger partial charge < -0.3 is 10.2 Å². The molecule has 1 aliphatic heterocycles. The lowest BCUT2D eigenvalue weighted by atomic mass is 9.97. The Kier molecular flexibility index (Phi) is 5.18. The lowest BCUT2D eigenvalue weighted by molar-refractivity contribution is -0.130. The number of hydrogen-bond donors (Lipinski definition) is 1. The first-order valence-corrected chi connectivity index (χ1v) is 9.26. The molecule has 8 heteroatoms. The monoisotopic (exact) mass is 375 g/mol. The van der Waals surface area contributed by atoms with Crippen molar-refractivity contribution in [2.45, 2.75) is 25.7 Å². The number of anilines is 2. The van der Waals surface area contributed by atoms with E-state index in [0.29, 0.717) is 12.4 Å². The van der Waals surface area contributed by atoms with Crippen LogP contribution in [0.25, 0.3) is 11.3 Å². The molecule has 4 heterocycles. The van der Waals surface area contributed by atoms with E-state index in [9.17, 15) is 4.79 Å². The van der Waals surface area contributed by atoms with E-state index in [0.717, 1.165) is 42.2 Å². The van der Waals surface area contributed by atoms with Crippen LogP contribution in [-0.4, -0.2) is 48.8 Å². The molecule has 4 rings (SSSR count). The molecule has 0 radical (unpaired) electrons. The van der Waals surface area contributed by atoms with Gasteiger partial charge in [0, 0.05) is 50.0 Å². The molecular formula is C20H21N7O. The highest BCUT2D eigenvalue weighted by Gasteiger charge is 2.25. The molecule has 1 unspecified atom stereocenters. The Morgan fingerprint density at radius 1 is 1.18 bits per heavy atom. The number of nitrogens with zero attached hydrogens (tertiary/aromatic N) is 6. The second-order valence-corrected chi connectivity index (χ2v) is 6.79. The number of carbonyl (C=O) groups is 1. The molecule has 28 heavy (non-hydrogen) atoms. The lowest BCUT2D eigenvalue weighted by Crippen LogP contribution is -2.38. The summed E-state index contributed by atoms with van der Waals surface area (Å²) in [5, 5.41) is 3.25. The van der Waals surface area contributed by atoms with Crippen molar-refractivity contribution in [1.82, 2.24) is 29.8 Å². The minimum Gasteiger partial charge on any atom is -0.342 e. The third-order valence-corrected chi connectivity index (χ3v) is 4.77. The van der Waals surface area contributed by atoms with Crippen LogP contribution >= 0.6 is 0 Å². The number of pyridine rings is 1. The predicted octanol–water partition coefficient (Wildman–Crippen LogP) is 2.80. The van der Waals surface area contributed by atoms with Crippen LogP contribution in [0.2, 0.25) is 0 Å². The molecule has 1 saturated heterocycles. The van der Waals surface area contributed by atoms with Gasteiger partial charge in [0.25, 0.3) is 0 Å². The zero-order valence-electron chi connectivity index (χ0n) is 15.6. The summed E-state index contributed by atoms with van der Waals surface area (Å²) in [6, 6.07) is 5.74. The van der Waals surface area contributed by atoms with Gasteiger partial charge in [-0.1, -0.05) is 0 Å². The fourth-order valence-electron chi connectivity index (χ4n) is 3.36. The van der Waals surface area contributed by atoms with Crippen LogP contribution in [0.5, 0.6) is 0 Å². The highest BCUT2D eigenvalue weighted by molar-refractivity contribution is 5.73. The zero-order chi connectivity index (χ0) is 19.3. The molecule has 1 N–H and O–H groups in total. The average molecular weight is 375 g/mol. The largest absolute Gasteiger partial charge is 0.342 e. The second kappa shape index (κ2) is 8.08. The van der Waals surface area contributed by atoms with Gasteiger partial charge in [-0.05, 0) is 25.0 Å². The standard InChI is InChI=1S/C20H21N7O/c1-14(28)27-7-3-5-16(12-27)20-25-18(15-4-2-6-21-9-15)8-19(26-20)24-17-10-22-13-23-11-17/h2,4,6,8-11,13,16H,3,5,7,12H2,1H3,(H,24,25,26). The van der Waals surface area contributed by atoms with Crippen LogP contribution < -0.4 is 5.32 Å². The van der Waals surface area contributed by atoms with E-state index >= 15 is 0 Å². The van der Waals surface area contributed by atoms with Gasteiger partial charge in [-0.25, -0.2) is 19.9 Å². The van der Waals surface area contributed by atoms with Crippen LogP contribution in [0.1, 0.15) is 31.5 Å². The highest BCUT2D eigenvalue weighted by Crippen LogP contribution is 2.29. The minimum atomic E-state index is 0.0906. The summed E-state index contributed by atoms with van der Waals surface area (Å²) < 4.78 is 0. The first-order valence-electron chi connectivity index (χ1n) is 9.26. The number of rotatable bonds is 4. The van der Waals surface area contributed by atoms with E-state index in [2.05, 4.69) is 20.3 Å². The third-order valence-electron chi connectivity index (χ3n) is 4.77. The van der Waals surface area contributed by atoms with E-state index in [1.54, 1.807) is 31.7 Å². The van der Waals surface area contributed by atoms with Crippen LogP contribution in [-0.2, 0) is 4.79 Å². The number of piperidine rings is 1. The molecule has 142 valence electrons. The quantitative estimate of drug-likeness (QED) is 0.749. The lowest BCUT2D eigenvalue weighted by Gasteiger charge is -2.31. The SMILES string of the molecule is CC(=O)N1CCCC(c2nc(Nc3cncnc3)cc(-c3cccnc3)n2)C1. The Morgan fingerprint density at radius 2 is 2.04 bits per heavy atom. The second-order valence-electron chi connectivity index (χ2n) is 6.79. The smallest absolute Gasteiger partial charge is 0.219 e. The Labute approximate surface area is 163 Å². The van der Waals surface area contributed by atoms with Gasteiger partial charge in [0.2, 0.25) is 5.91 Å². The minimum absolute atomic E-state index is 0.0906. The van der Waals surface area contributed by atoms with Gasteiger partial charge >= 0.3 is 0 Å². The molecule has 1 fully saturated rings. The van der Waals surface area contributed by atoms with E-state index < -0.39 is 0 Å². The Hall–Kier alpha value is -3.42. The van der Waals surface area contributed by atoms with E-state index in [-0.39, 0.29) is 11.8 Å². The molecule has 1 amide bonds. The van der Waals surface area contributed by atoms with Gasteiger partial charge in [0.15, 0.2) is 0 Å². The van der Waals surface area contributed by atoms with Crippen molar-refractivity contribution in [2.75, 3.05) is 18.4 Å². The molecule has 0 bridgehead atoms. The number of aromatic nitrogens is 5. The summed E-state index contributed by atoms with van der Waals surface area (Å²) in [6.45, 7) is 3.04. The van der Waals surface area contributed by atoms with Crippen molar-refractivity contribution in [3.8, 4) is 11.3 Å². The van der Waals surface area contributed by atoms with Crippen molar-refractivity contribution < 1.29 is 4.79 Å². The molecule has 0 aliphatic carbocycles. The maximum atomic E-state index is 11.8. The number of amides is 1. The molecule has 1 aliphatic rings. The van der Waals surface area contributed by atoms with E-state index in [4.69, 9.17) is 9.97 Å². The van der Waals surface area contributed by atoms with E-state index in [1.807, 2.05) is 23.1 Å². The Balaban J connectivity index is 1.70. The van der Waals surface area contributed by atoms with Gasteiger partial charge in [0.05, 0.1) is 23.8 Å². The van der Waals surface area contributed by atoms with Crippen molar-refractivity contribution >= 4 is 17.4 Å². The Bertz CT molecular complexity index is 949. The fraction of sp³-hybridized carbons (Fsp3) is 0.300. The maximum absolute atomic E-state index is 11.8. The number of likely N-dealkylation sites (tertiary alicyclic amines) is 1. The van der Waals surface area contributed by atoms with Gasteiger partial charge in [-0.2, -0.15) is 0 Å². The highest BCUT2D eigenvalue weighted by atomic mass is 16.2. The van der Waals surface area contributed by atoms with Crippen molar-refractivity contribution in [2.24, 2.45) is 0 Å². The van der Waals surface area contributed by atoms with E-state index in [1.165, 1.54) is 6.33 Å². The molecule has 8 nitrogen and oxygen atoms in total. The van der Waals surface area contributed by atoms with Crippen LogP contribution in [0.15, 0.2) is 49.3 Å². The summed E-state index contributed by atoms with van der Waals surface area (Å²) in [4.78, 5) is 35.5. The summed E-state index contributed by atoms with van der Waals surface area (Å²) >= 11 is 0. The zero-order valence-corrected chi connectivity index (χ0v) is 15.6. The van der Waals surface area contributed by atoms with Crippen LogP contribution in [0, 0.1) is 0 Å². The molecule has 0 saturated carbocycles. The van der Waals surface area contributed by atoms with Crippen molar-refractivity contribution in [3.63, 3.8) is 0 Å². The average Bonchev–Trinajstić information content (AvgIpc) is 2.75. The molecule has 3 aromatic rings. The summed E-state index contributed by atoms with van der Waals surface area (Å²) in [7, 11) is 0. The first kappa shape index (κ1) is 18.0. The van der Waals surface area contributed by atoms with Gasteiger partial charge in [-0.15, -0.1) is 0 Å². The van der Waals surface area contributed by atoms with Gasteiger partial charge in [-0.3, -0.25) is 9.78 Å². The van der Waals surface area contributed by atoms with Crippen molar-refractivity contribution in [3.05, 3.63) is 55.1 Å². The molecule has 0 spiro atoms. The van der Waals surface area contributed by atoms with Crippen LogP contribution in [0.4, 0.5) is 11.5 Å². The summed E-state index contributed by atoms with van der Waals surface area (Å²) in [6.07, 6.45) is 10.3. The summed E-state index contributed by atoms with van der Waals surface area (Å²) in [5.41, 5.74) is 2.45. The number of nitrogens with one attached hydrogen (secondary N) is 1. The molecule has 0 aromatic carbocycles. The number of carbonyl (C=O) groups excluding carboxylic acids is 1. The van der Waals surface area contributed by atoms with Crippen molar-refractivity contribution in [1.29, 1.82) is 0 Å².